The predicted octanol–water partition coefficient (Wildman–Crippen LogP) is -16.0. The maximum atomic E-state index is 9.28. The number of aliphatic carboxylic acids is 3. The predicted molar refractivity (Wildman–Crippen MR) is 31.3 cm³/mol. The van der Waals surface area contributed by atoms with Gasteiger partial charge in [0.25, 0.3) is 0 Å². The molecule has 16 heavy (non-hydrogen) atoms. The van der Waals surface area contributed by atoms with Crippen molar-refractivity contribution in [3.63, 3.8) is 0 Å². The third-order valence-corrected chi connectivity index (χ3v) is 0.289. The Labute approximate surface area is 166 Å². The van der Waals surface area contributed by atoms with Crippen LogP contribution in [0.5, 0.6) is 0 Å². The van der Waals surface area contributed by atoms with Crippen LogP contribution in [0.2, 0.25) is 0 Å². The average molecular weight is 284 g/mol. The first-order valence-corrected chi connectivity index (χ1v) is 2.43. The quantitative estimate of drug-likeness (QED) is 0.391. The van der Waals surface area contributed by atoms with E-state index < -0.39 is 24.3 Å². The summed E-state index contributed by atoms with van der Waals surface area (Å²) in [5, 5.41) is 27.4. The molecule has 0 rings (SSSR count). The SMILES string of the molecule is CC(=O)[O-].O=C([O-])CC(=O)[O-].[Cl-].[NH4+].[Na+].[Na+].[Na+]. The normalized spacial score (nSPS) is 5.06. The summed E-state index contributed by atoms with van der Waals surface area (Å²) in [6, 6.07) is 0. The molecule has 0 spiro atoms. The van der Waals surface area contributed by atoms with Crippen molar-refractivity contribution in [3.8, 4) is 0 Å². The van der Waals surface area contributed by atoms with Crippen molar-refractivity contribution in [1.29, 1.82) is 0 Å². The molecule has 7 nitrogen and oxygen atoms in total. The van der Waals surface area contributed by atoms with E-state index >= 15 is 0 Å². The van der Waals surface area contributed by atoms with Gasteiger partial charge in [0.2, 0.25) is 0 Å². The van der Waals surface area contributed by atoms with Gasteiger partial charge in [0, 0.05) is 24.3 Å². The standard InChI is InChI=1S/C3H4O4.C2H4O2.ClH.H3N.3Na/c4-2(5)1-3(6)7;1-2(3)4;;;;;/h1H2,(H,4,5)(H,6,7);1H3,(H,3,4);1H;1H3;;;/q;;;;3*+1/p-3. The Kier molecular flexibility index (Phi) is 81.0. The molecule has 0 fully saturated rings. The molecule has 0 saturated heterocycles. The van der Waals surface area contributed by atoms with Crippen LogP contribution >= 0.6 is 0 Å². The first-order valence-electron chi connectivity index (χ1n) is 2.43. The number of carbonyl (C=O) groups is 3. The van der Waals surface area contributed by atoms with Gasteiger partial charge in [-0.2, -0.15) is 0 Å². The van der Waals surface area contributed by atoms with Gasteiger partial charge in [-0.3, -0.25) is 0 Å². The number of carbonyl (C=O) groups excluding carboxylic acids is 3. The summed E-state index contributed by atoms with van der Waals surface area (Å²) < 4.78 is 0. The largest absolute Gasteiger partial charge is 1.00 e. The Bertz CT molecular complexity index is 166. The van der Waals surface area contributed by atoms with E-state index in [1.54, 1.807) is 0 Å². The molecule has 4 N–H and O–H groups in total. The van der Waals surface area contributed by atoms with E-state index in [1.165, 1.54) is 0 Å². The molecule has 0 aromatic carbocycles. The van der Waals surface area contributed by atoms with Gasteiger partial charge in [0.15, 0.2) is 0 Å². The van der Waals surface area contributed by atoms with Crippen molar-refractivity contribution in [1.82, 2.24) is 6.15 Å². The molecule has 0 aliphatic rings. The van der Waals surface area contributed by atoms with Gasteiger partial charge in [-0.15, -0.1) is 0 Å². The zero-order valence-corrected chi connectivity index (χ0v) is 16.8. The Morgan fingerprint density at radius 1 is 0.875 bits per heavy atom. The molecule has 80 valence electrons. The third-order valence-electron chi connectivity index (χ3n) is 0.289. The van der Waals surface area contributed by atoms with Crippen LogP contribution in [0.15, 0.2) is 0 Å². The summed E-state index contributed by atoms with van der Waals surface area (Å²) in [5.74, 6) is -4.33. The van der Waals surface area contributed by atoms with Crippen LogP contribution in [0.4, 0.5) is 0 Å². The van der Waals surface area contributed by atoms with Crippen molar-refractivity contribution in [2.45, 2.75) is 13.3 Å². The van der Waals surface area contributed by atoms with Crippen LogP contribution in [-0.2, 0) is 14.4 Å². The summed E-state index contributed by atoms with van der Waals surface area (Å²) in [5.41, 5.74) is 0. The number of rotatable bonds is 2. The van der Waals surface area contributed by atoms with Crippen LogP contribution in [0.3, 0.4) is 0 Å². The fourth-order valence-electron chi connectivity index (χ4n) is 0.118. The van der Waals surface area contributed by atoms with Crippen LogP contribution in [0.1, 0.15) is 13.3 Å². The fraction of sp³-hybridized carbons (Fsp3) is 0.400. The summed E-state index contributed by atoms with van der Waals surface area (Å²) in [6.45, 7) is 0.972. The fourth-order valence-corrected chi connectivity index (χ4v) is 0.118. The number of hydrogen-bond donors (Lipinski definition) is 1. The number of quaternary nitrogens is 1. The zero-order valence-electron chi connectivity index (χ0n) is 10.0. The van der Waals surface area contributed by atoms with E-state index in [-0.39, 0.29) is 107 Å². The van der Waals surface area contributed by atoms with Gasteiger partial charge in [-0.25, -0.2) is 0 Å². The van der Waals surface area contributed by atoms with E-state index in [9.17, 15) is 19.8 Å². The van der Waals surface area contributed by atoms with Crippen LogP contribution in [-0.4, -0.2) is 17.9 Å². The van der Waals surface area contributed by atoms with E-state index in [1.807, 2.05) is 0 Å². The molecule has 0 aromatic rings. The van der Waals surface area contributed by atoms with Crippen LogP contribution < -0.4 is 123 Å². The van der Waals surface area contributed by atoms with E-state index in [0.717, 1.165) is 6.92 Å². The minimum Gasteiger partial charge on any atom is -1.00 e. The van der Waals surface area contributed by atoms with Gasteiger partial charge >= 0.3 is 88.7 Å². The zero-order chi connectivity index (χ0) is 9.44. The van der Waals surface area contributed by atoms with Gasteiger partial charge in [0.05, 0.1) is 0 Å². The monoisotopic (exact) mass is 283 g/mol. The molecule has 0 unspecified atom stereocenters. The van der Waals surface area contributed by atoms with Gasteiger partial charge < -0.3 is 48.3 Å². The molecular weight excluding hydrogens is 274 g/mol. The molecule has 0 saturated carbocycles. The smallest absolute Gasteiger partial charge is 1.00 e. The second-order valence-electron chi connectivity index (χ2n) is 1.41. The molecule has 11 heteroatoms. The van der Waals surface area contributed by atoms with Gasteiger partial charge in [-0.05, 0) is 6.92 Å². The van der Waals surface area contributed by atoms with Crippen molar-refractivity contribution in [2.75, 3.05) is 0 Å². The summed E-state index contributed by atoms with van der Waals surface area (Å²) in [6.07, 6.45) is -1.03. The van der Waals surface area contributed by atoms with Crippen LogP contribution in [0.25, 0.3) is 0 Å². The maximum absolute atomic E-state index is 9.28. The minimum absolute atomic E-state index is 0. The molecule has 0 radical (unpaired) electrons. The molecule has 0 bridgehead atoms. The summed E-state index contributed by atoms with van der Waals surface area (Å²) >= 11 is 0. The Morgan fingerprint density at radius 3 is 1.00 bits per heavy atom. The number of carboxylic acid groups (broad SMARTS) is 3. The number of hydrogen-bond acceptors (Lipinski definition) is 6. The van der Waals surface area contributed by atoms with Gasteiger partial charge in [0.1, 0.15) is 0 Å². The van der Waals surface area contributed by atoms with E-state index in [2.05, 4.69) is 0 Å². The molecule has 0 amide bonds. The molecule has 0 heterocycles. The number of carboxylic acids is 3. The molecule has 0 aliphatic carbocycles. The van der Waals surface area contributed by atoms with E-state index in [0.29, 0.717) is 0 Å². The number of halogens is 1. The third kappa shape index (κ3) is 105. The molecule has 0 aromatic heterocycles. The Balaban J connectivity index is -0.0000000165. The van der Waals surface area contributed by atoms with E-state index in [4.69, 9.17) is 9.90 Å². The average Bonchev–Trinajstić information content (AvgIpc) is 1.56. The van der Waals surface area contributed by atoms with Crippen molar-refractivity contribution < 1.29 is 131 Å². The second-order valence-corrected chi connectivity index (χ2v) is 1.41. The van der Waals surface area contributed by atoms with Crippen molar-refractivity contribution in [2.24, 2.45) is 0 Å². The summed E-state index contributed by atoms with van der Waals surface area (Å²) in [7, 11) is 0. The van der Waals surface area contributed by atoms with Crippen molar-refractivity contribution in [3.05, 3.63) is 0 Å². The Morgan fingerprint density at radius 2 is 1.00 bits per heavy atom. The molecule has 0 aliphatic heterocycles. The van der Waals surface area contributed by atoms with Crippen molar-refractivity contribution >= 4 is 17.9 Å². The van der Waals surface area contributed by atoms with Gasteiger partial charge in [-0.1, -0.05) is 0 Å². The molecular formula is C5H9ClNNa3O6. The summed E-state index contributed by atoms with van der Waals surface area (Å²) in [4.78, 5) is 27.4. The first-order chi connectivity index (χ1) is 4.86. The second kappa shape index (κ2) is 30.1. The first kappa shape index (κ1) is 43.1. The Hall–Kier alpha value is 1.66. The van der Waals surface area contributed by atoms with Crippen LogP contribution in [0, 0.1) is 0 Å². The maximum Gasteiger partial charge on any atom is 1.00 e. The minimum atomic E-state index is -1.63. The molecule has 0 atom stereocenters. The topological polar surface area (TPSA) is 157 Å².